The second kappa shape index (κ2) is 5.65. The third kappa shape index (κ3) is 2.99. The minimum atomic E-state index is -0.287. The number of nitrogens with zero attached hydrogens (tertiary/aromatic N) is 1. The van der Waals surface area contributed by atoms with Crippen LogP contribution in [-0.4, -0.2) is 18.1 Å². The topological polar surface area (TPSA) is 29.3 Å². The zero-order chi connectivity index (χ0) is 13.1. The van der Waals surface area contributed by atoms with Gasteiger partial charge >= 0.3 is 0 Å². The Kier molecular flexibility index (Phi) is 4.17. The van der Waals surface area contributed by atoms with Gasteiger partial charge in [0.05, 0.1) is 0 Å². The molecule has 1 heterocycles. The second-order valence-electron chi connectivity index (χ2n) is 5.05. The maximum absolute atomic E-state index is 13.3. The monoisotopic (exact) mass is 266 g/mol. The zero-order valence-corrected chi connectivity index (χ0v) is 11.5. The average molecular weight is 266 g/mol. The number of hydrogen-bond acceptors (Lipinski definition) is 2. The maximum Gasteiger partial charge on any atom is 0.124 e. The smallest absolute Gasteiger partial charge is 0.124 e. The van der Waals surface area contributed by atoms with Crippen LogP contribution in [-0.2, 0) is 0 Å². The first kappa shape index (κ1) is 13.3. The lowest BCUT2D eigenvalue weighted by atomic mass is 10.0. The number of benzene rings is 1. The molecule has 0 bridgehead atoms. The van der Waals surface area contributed by atoms with Crippen molar-refractivity contribution in [2.45, 2.75) is 26.2 Å². The molecule has 1 aliphatic rings. The predicted molar refractivity (Wildman–Crippen MR) is 77.5 cm³/mol. The Balaban J connectivity index is 2.29. The van der Waals surface area contributed by atoms with Gasteiger partial charge in [-0.15, -0.1) is 0 Å². The Morgan fingerprint density at radius 1 is 1.39 bits per heavy atom. The zero-order valence-electron chi connectivity index (χ0n) is 10.7. The van der Waals surface area contributed by atoms with Gasteiger partial charge < -0.3 is 10.6 Å². The Bertz CT molecular complexity index is 447. The first-order valence-corrected chi connectivity index (χ1v) is 6.83. The van der Waals surface area contributed by atoms with Crippen LogP contribution >= 0.6 is 12.2 Å². The molecular weight excluding hydrogens is 247 g/mol. The van der Waals surface area contributed by atoms with E-state index >= 15 is 0 Å². The Labute approximate surface area is 113 Å². The van der Waals surface area contributed by atoms with Crippen LogP contribution in [0, 0.1) is 11.7 Å². The van der Waals surface area contributed by atoms with Gasteiger partial charge in [0.2, 0.25) is 0 Å². The summed E-state index contributed by atoms with van der Waals surface area (Å²) in [4.78, 5) is 2.54. The fourth-order valence-electron chi connectivity index (χ4n) is 2.49. The van der Waals surface area contributed by atoms with E-state index in [2.05, 4.69) is 11.8 Å². The molecule has 0 aliphatic carbocycles. The second-order valence-corrected chi connectivity index (χ2v) is 5.49. The molecule has 0 spiro atoms. The van der Waals surface area contributed by atoms with Gasteiger partial charge in [-0.1, -0.05) is 19.1 Å². The van der Waals surface area contributed by atoms with Crippen molar-refractivity contribution >= 4 is 22.9 Å². The summed E-state index contributed by atoms with van der Waals surface area (Å²) < 4.78 is 13.3. The Morgan fingerprint density at radius 2 is 2.17 bits per heavy atom. The lowest BCUT2D eigenvalue weighted by Crippen LogP contribution is -2.27. The SMILES string of the molecule is CC1CCCN(c2ccc(F)cc2C(N)=S)CC1. The molecule has 1 aliphatic heterocycles. The first-order valence-electron chi connectivity index (χ1n) is 6.42. The summed E-state index contributed by atoms with van der Waals surface area (Å²) >= 11 is 5.02. The predicted octanol–water partition coefficient (Wildman–Crippen LogP) is 3.09. The maximum atomic E-state index is 13.3. The van der Waals surface area contributed by atoms with Crippen LogP contribution in [0.5, 0.6) is 0 Å². The van der Waals surface area contributed by atoms with E-state index in [9.17, 15) is 4.39 Å². The van der Waals surface area contributed by atoms with Crippen molar-refractivity contribution < 1.29 is 4.39 Å². The van der Waals surface area contributed by atoms with Crippen LogP contribution in [0.25, 0.3) is 0 Å². The molecule has 1 atom stereocenters. The summed E-state index contributed by atoms with van der Waals surface area (Å²) in [5.41, 5.74) is 7.32. The molecule has 1 saturated heterocycles. The molecule has 1 unspecified atom stereocenters. The highest BCUT2D eigenvalue weighted by atomic mass is 32.1. The third-order valence-corrected chi connectivity index (χ3v) is 3.80. The Morgan fingerprint density at radius 3 is 2.89 bits per heavy atom. The lowest BCUT2D eigenvalue weighted by molar-refractivity contribution is 0.521. The van der Waals surface area contributed by atoms with Crippen LogP contribution in [0.2, 0.25) is 0 Å². The van der Waals surface area contributed by atoms with E-state index in [1.807, 2.05) is 0 Å². The highest BCUT2D eigenvalue weighted by Gasteiger charge is 2.17. The minimum absolute atomic E-state index is 0.266. The summed E-state index contributed by atoms with van der Waals surface area (Å²) in [6.45, 7) is 4.26. The molecular formula is C14H19FN2S. The summed E-state index contributed by atoms with van der Waals surface area (Å²) in [5.74, 6) is 0.466. The van der Waals surface area contributed by atoms with Crippen LogP contribution < -0.4 is 10.6 Å². The van der Waals surface area contributed by atoms with Crippen molar-refractivity contribution in [2.24, 2.45) is 11.7 Å². The summed E-state index contributed by atoms with van der Waals surface area (Å²) in [6.07, 6.45) is 3.57. The summed E-state index contributed by atoms with van der Waals surface area (Å²) in [6, 6.07) is 4.71. The quantitative estimate of drug-likeness (QED) is 0.834. The standard InChI is InChI=1S/C14H19FN2S/c1-10-3-2-7-17(8-6-10)13-5-4-11(15)9-12(13)14(16)18/h4-5,9-10H,2-3,6-8H2,1H3,(H2,16,18). The van der Waals surface area contributed by atoms with Crippen LogP contribution in [0.4, 0.5) is 10.1 Å². The van der Waals surface area contributed by atoms with Gasteiger partial charge in [0.1, 0.15) is 10.8 Å². The average Bonchev–Trinajstić information content (AvgIpc) is 2.54. The molecule has 1 fully saturated rings. The van der Waals surface area contributed by atoms with E-state index in [1.54, 1.807) is 6.07 Å². The molecule has 0 amide bonds. The van der Waals surface area contributed by atoms with Crippen molar-refractivity contribution in [2.75, 3.05) is 18.0 Å². The van der Waals surface area contributed by atoms with Crippen LogP contribution in [0.1, 0.15) is 31.7 Å². The highest BCUT2D eigenvalue weighted by Crippen LogP contribution is 2.26. The van der Waals surface area contributed by atoms with Gasteiger partial charge in [0.15, 0.2) is 0 Å². The van der Waals surface area contributed by atoms with E-state index in [1.165, 1.54) is 18.6 Å². The van der Waals surface area contributed by atoms with Gasteiger partial charge in [-0.3, -0.25) is 0 Å². The summed E-state index contributed by atoms with van der Waals surface area (Å²) in [5, 5.41) is 0. The molecule has 2 rings (SSSR count). The minimum Gasteiger partial charge on any atom is -0.389 e. The number of hydrogen-bond donors (Lipinski definition) is 1. The molecule has 0 radical (unpaired) electrons. The fourth-order valence-corrected chi connectivity index (χ4v) is 2.65. The molecule has 2 N–H and O–H groups in total. The van der Waals surface area contributed by atoms with E-state index in [0.29, 0.717) is 5.56 Å². The van der Waals surface area contributed by atoms with E-state index in [0.717, 1.165) is 37.5 Å². The molecule has 1 aromatic carbocycles. The first-order chi connectivity index (χ1) is 8.58. The summed E-state index contributed by atoms with van der Waals surface area (Å²) in [7, 11) is 0. The molecule has 0 saturated carbocycles. The Hall–Kier alpha value is -1.16. The molecule has 1 aromatic rings. The molecule has 98 valence electrons. The number of halogens is 1. The largest absolute Gasteiger partial charge is 0.389 e. The third-order valence-electron chi connectivity index (χ3n) is 3.58. The van der Waals surface area contributed by atoms with E-state index in [4.69, 9.17) is 18.0 Å². The molecule has 2 nitrogen and oxygen atoms in total. The van der Waals surface area contributed by atoms with Crippen LogP contribution in [0.3, 0.4) is 0 Å². The number of nitrogens with two attached hydrogens (primary N) is 1. The number of anilines is 1. The van der Waals surface area contributed by atoms with Crippen molar-refractivity contribution in [1.82, 2.24) is 0 Å². The van der Waals surface area contributed by atoms with Gasteiger partial charge in [0.25, 0.3) is 0 Å². The van der Waals surface area contributed by atoms with Gasteiger partial charge in [-0.25, -0.2) is 4.39 Å². The fraction of sp³-hybridized carbons (Fsp3) is 0.500. The van der Waals surface area contributed by atoms with Gasteiger partial charge in [-0.05, 0) is 43.4 Å². The number of rotatable bonds is 2. The molecule has 18 heavy (non-hydrogen) atoms. The van der Waals surface area contributed by atoms with Gasteiger partial charge in [0, 0.05) is 24.3 Å². The van der Waals surface area contributed by atoms with Crippen molar-refractivity contribution in [3.8, 4) is 0 Å². The van der Waals surface area contributed by atoms with Crippen molar-refractivity contribution in [3.63, 3.8) is 0 Å². The van der Waals surface area contributed by atoms with Crippen molar-refractivity contribution in [3.05, 3.63) is 29.6 Å². The molecule has 0 aromatic heterocycles. The molecule has 4 heteroatoms. The number of thiocarbonyl (C=S) groups is 1. The highest BCUT2D eigenvalue weighted by molar-refractivity contribution is 7.80. The lowest BCUT2D eigenvalue weighted by Gasteiger charge is -2.25. The van der Waals surface area contributed by atoms with E-state index < -0.39 is 0 Å². The van der Waals surface area contributed by atoms with Crippen molar-refractivity contribution in [1.29, 1.82) is 0 Å². The van der Waals surface area contributed by atoms with Crippen LogP contribution in [0.15, 0.2) is 18.2 Å². The van der Waals surface area contributed by atoms with E-state index in [-0.39, 0.29) is 10.8 Å². The normalized spacial score (nSPS) is 20.6. The van der Waals surface area contributed by atoms with Gasteiger partial charge in [-0.2, -0.15) is 0 Å².